The van der Waals surface area contributed by atoms with Crippen LogP contribution in [0, 0.1) is 6.92 Å². The monoisotopic (exact) mass is 230 g/mol. The van der Waals surface area contributed by atoms with Crippen molar-refractivity contribution in [1.82, 2.24) is 10.5 Å². The second-order valence-corrected chi connectivity index (χ2v) is 4.23. The van der Waals surface area contributed by atoms with Crippen LogP contribution in [0.25, 0.3) is 11.3 Å². The van der Waals surface area contributed by atoms with Gasteiger partial charge in [-0.1, -0.05) is 35.8 Å². The second kappa shape index (κ2) is 5.64. The number of nitrogens with zero attached hydrogens (tertiary/aromatic N) is 1. The average molecular weight is 230 g/mol. The van der Waals surface area contributed by atoms with Crippen LogP contribution < -0.4 is 5.32 Å². The Morgan fingerprint density at radius 1 is 1.29 bits per heavy atom. The number of aryl methyl sites for hydroxylation is 1. The fraction of sp³-hybridized carbons (Fsp3) is 0.357. The molecule has 1 aromatic carbocycles. The maximum atomic E-state index is 5.35. The summed E-state index contributed by atoms with van der Waals surface area (Å²) in [4.78, 5) is 0. The van der Waals surface area contributed by atoms with E-state index in [-0.39, 0.29) is 0 Å². The van der Waals surface area contributed by atoms with E-state index in [4.69, 9.17) is 4.52 Å². The SMILES string of the molecule is CCCNCc1cc(-c2cccc(C)c2)on1. The van der Waals surface area contributed by atoms with E-state index in [1.807, 2.05) is 18.2 Å². The van der Waals surface area contributed by atoms with Crippen LogP contribution in [0.4, 0.5) is 0 Å². The lowest BCUT2D eigenvalue weighted by molar-refractivity contribution is 0.420. The minimum Gasteiger partial charge on any atom is -0.356 e. The highest BCUT2D eigenvalue weighted by molar-refractivity contribution is 5.58. The first-order valence-electron chi connectivity index (χ1n) is 6.03. The first kappa shape index (κ1) is 11.9. The van der Waals surface area contributed by atoms with Gasteiger partial charge >= 0.3 is 0 Å². The van der Waals surface area contributed by atoms with Crippen molar-refractivity contribution in [3.63, 3.8) is 0 Å². The zero-order chi connectivity index (χ0) is 12.1. The third kappa shape index (κ3) is 3.17. The van der Waals surface area contributed by atoms with Crippen LogP contribution in [-0.4, -0.2) is 11.7 Å². The van der Waals surface area contributed by atoms with Crippen LogP contribution >= 0.6 is 0 Å². The van der Waals surface area contributed by atoms with E-state index in [0.29, 0.717) is 0 Å². The Bertz CT molecular complexity index is 477. The van der Waals surface area contributed by atoms with E-state index in [1.54, 1.807) is 0 Å². The first-order valence-corrected chi connectivity index (χ1v) is 6.03. The second-order valence-electron chi connectivity index (χ2n) is 4.23. The molecule has 0 bridgehead atoms. The van der Waals surface area contributed by atoms with Gasteiger partial charge in [0.25, 0.3) is 0 Å². The van der Waals surface area contributed by atoms with Crippen LogP contribution in [0.5, 0.6) is 0 Å². The Morgan fingerprint density at radius 3 is 2.94 bits per heavy atom. The molecule has 0 saturated heterocycles. The fourth-order valence-electron chi connectivity index (χ4n) is 1.72. The number of hydrogen-bond acceptors (Lipinski definition) is 3. The lowest BCUT2D eigenvalue weighted by Crippen LogP contribution is -2.13. The molecule has 0 unspecified atom stereocenters. The van der Waals surface area contributed by atoms with Crippen molar-refractivity contribution in [2.75, 3.05) is 6.54 Å². The number of aromatic nitrogens is 1. The van der Waals surface area contributed by atoms with Crippen molar-refractivity contribution < 1.29 is 4.52 Å². The normalized spacial score (nSPS) is 10.7. The highest BCUT2D eigenvalue weighted by atomic mass is 16.5. The summed E-state index contributed by atoms with van der Waals surface area (Å²) >= 11 is 0. The van der Waals surface area contributed by atoms with Gasteiger partial charge in [0.05, 0.1) is 5.69 Å². The molecule has 0 amide bonds. The minimum absolute atomic E-state index is 0.767. The standard InChI is InChI=1S/C14H18N2O/c1-3-7-15-10-13-9-14(17-16-13)12-6-4-5-11(2)8-12/h4-6,8-9,15H,3,7,10H2,1-2H3. The number of rotatable bonds is 5. The van der Waals surface area contributed by atoms with Crippen molar-refractivity contribution in [3.05, 3.63) is 41.6 Å². The average Bonchev–Trinajstić information content (AvgIpc) is 2.78. The fourth-order valence-corrected chi connectivity index (χ4v) is 1.72. The Kier molecular flexibility index (Phi) is 3.94. The summed E-state index contributed by atoms with van der Waals surface area (Å²) in [6.07, 6.45) is 1.13. The maximum absolute atomic E-state index is 5.35. The molecule has 1 heterocycles. The summed E-state index contributed by atoms with van der Waals surface area (Å²) in [5.74, 6) is 0.835. The molecule has 3 nitrogen and oxygen atoms in total. The molecule has 2 rings (SSSR count). The van der Waals surface area contributed by atoms with E-state index in [0.717, 1.165) is 36.5 Å². The van der Waals surface area contributed by atoms with Gasteiger partial charge in [-0.25, -0.2) is 0 Å². The van der Waals surface area contributed by atoms with Gasteiger partial charge in [-0.3, -0.25) is 0 Å². The van der Waals surface area contributed by atoms with Crippen molar-refractivity contribution in [3.8, 4) is 11.3 Å². The largest absolute Gasteiger partial charge is 0.356 e. The smallest absolute Gasteiger partial charge is 0.167 e. The van der Waals surface area contributed by atoms with E-state index in [2.05, 4.69) is 36.5 Å². The molecule has 17 heavy (non-hydrogen) atoms. The summed E-state index contributed by atoms with van der Waals surface area (Å²) in [5, 5.41) is 7.36. The summed E-state index contributed by atoms with van der Waals surface area (Å²) < 4.78 is 5.35. The summed E-state index contributed by atoms with van der Waals surface area (Å²) in [7, 11) is 0. The molecular formula is C14H18N2O. The van der Waals surface area contributed by atoms with Crippen LogP contribution in [-0.2, 0) is 6.54 Å². The molecule has 0 aliphatic rings. The molecule has 90 valence electrons. The molecular weight excluding hydrogens is 212 g/mol. The van der Waals surface area contributed by atoms with Gasteiger partial charge in [-0.15, -0.1) is 0 Å². The summed E-state index contributed by atoms with van der Waals surface area (Å²) in [6.45, 7) is 5.99. The van der Waals surface area contributed by atoms with E-state index in [9.17, 15) is 0 Å². The molecule has 0 spiro atoms. The van der Waals surface area contributed by atoms with Gasteiger partial charge in [-0.2, -0.15) is 0 Å². The Labute approximate surface area is 102 Å². The van der Waals surface area contributed by atoms with Crippen molar-refractivity contribution in [1.29, 1.82) is 0 Å². The maximum Gasteiger partial charge on any atom is 0.167 e. The van der Waals surface area contributed by atoms with Gasteiger partial charge in [0, 0.05) is 18.2 Å². The van der Waals surface area contributed by atoms with Gasteiger partial charge in [0.2, 0.25) is 0 Å². The van der Waals surface area contributed by atoms with Crippen molar-refractivity contribution in [2.24, 2.45) is 0 Å². The van der Waals surface area contributed by atoms with Crippen LogP contribution in [0.2, 0.25) is 0 Å². The van der Waals surface area contributed by atoms with Crippen molar-refractivity contribution in [2.45, 2.75) is 26.8 Å². The zero-order valence-electron chi connectivity index (χ0n) is 10.4. The highest BCUT2D eigenvalue weighted by Gasteiger charge is 2.06. The highest BCUT2D eigenvalue weighted by Crippen LogP contribution is 2.21. The van der Waals surface area contributed by atoms with Crippen molar-refractivity contribution >= 4 is 0 Å². The molecule has 1 aromatic heterocycles. The molecule has 0 saturated carbocycles. The predicted octanol–water partition coefficient (Wildman–Crippen LogP) is 3.15. The van der Waals surface area contributed by atoms with Crippen LogP contribution in [0.3, 0.4) is 0 Å². The number of nitrogens with one attached hydrogen (secondary N) is 1. The molecule has 3 heteroatoms. The topological polar surface area (TPSA) is 38.1 Å². The van der Waals surface area contributed by atoms with E-state index < -0.39 is 0 Å². The minimum atomic E-state index is 0.767. The van der Waals surface area contributed by atoms with E-state index >= 15 is 0 Å². The summed E-state index contributed by atoms with van der Waals surface area (Å²) in [5.41, 5.74) is 3.26. The zero-order valence-corrected chi connectivity index (χ0v) is 10.4. The van der Waals surface area contributed by atoms with Gasteiger partial charge < -0.3 is 9.84 Å². The lowest BCUT2D eigenvalue weighted by atomic mass is 10.1. The first-order chi connectivity index (χ1) is 8.29. The third-order valence-electron chi connectivity index (χ3n) is 2.59. The van der Waals surface area contributed by atoms with Gasteiger partial charge in [0.1, 0.15) is 0 Å². The Balaban J connectivity index is 2.07. The third-order valence-corrected chi connectivity index (χ3v) is 2.59. The number of hydrogen-bond donors (Lipinski definition) is 1. The molecule has 0 radical (unpaired) electrons. The molecule has 1 N–H and O–H groups in total. The Morgan fingerprint density at radius 2 is 2.18 bits per heavy atom. The molecule has 2 aromatic rings. The van der Waals surface area contributed by atoms with Gasteiger partial charge in [0.15, 0.2) is 5.76 Å². The molecule has 0 aliphatic heterocycles. The predicted molar refractivity (Wildman–Crippen MR) is 68.7 cm³/mol. The van der Waals surface area contributed by atoms with Gasteiger partial charge in [-0.05, 0) is 26.0 Å². The molecule has 0 fully saturated rings. The number of benzene rings is 1. The quantitative estimate of drug-likeness (QED) is 0.802. The Hall–Kier alpha value is -1.61. The van der Waals surface area contributed by atoms with Crippen LogP contribution in [0.1, 0.15) is 24.6 Å². The molecule has 0 atom stereocenters. The summed E-state index contributed by atoms with van der Waals surface area (Å²) in [6, 6.07) is 10.2. The van der Waals surface area contributed by atoms with E-state index in [1.165, 1.54) is 5.56 Å². The lowest BCUT2D eigenvalue weighted by Gasteiger charge is -1.97. The molecule has 0 aliphatic carbocycles. The van der Waals surface area contributed by atoms with Crippen LogP contribution in [0.15, 0.2) is 34.9 Å².